The largest absolute Gasteiger partial charge is 0.367 e. The van der Waals surface area contributed by atoms with E-state index in [4.69, 9.17) is 10.5 Å². The van der Waals surface area contributed by atoms with Crippen molar-refractivity contribution in [2.45, 2.75) is 51.4 Å². The minimum Gasteiger partial charge on any atom is -0.367 e. The quantitative estimate of drug-likeness (QED) is 0.922. The van der Waals surface area contributed by atoms with Crippen molar-refractivity contribution in [3.63, 3.8) is 0 Å². The fourth-order valence-electron chi connectivity index (χ4n) is 3.43. The molecule has 0 amide bonds. The molecule has 0 bridgehead atoms. The standard InChI is InChI=1S/C17H28N2O/c1-15(2)11-19(12-16(3,4)20-15)13-17(5,18)14-9-7-6-8-10-14/h6-10H,11-13,18H2,1-5H3. The Morgan fingerprint density at radius 3 is 2.10 bits per heavy atom. The van der Waals surface area contributed by atoms with E-state index in [1.807, 2.05) is 18.2 Å². The van der Waals surface area contributed by atoms with Gasteiger partial charge in [0.2, 0.25) is 0 Å². The number of nitrogens with zero attached hydrogens (tertiary/aromatic N) is 1. The average molecular weight is 276 g/mol. The molecule has 0 saturated carbocycles. The first kappa shape index (κ1) is 15.5. The molecule has 1 aromatic rings. The zero-order valence-corrected chi connectivity index (χ0v) is 13.4. The lowest BCUT2D eigenvalue weighted by molar-refractivity contribution is -0.182. The van der Waals surface area contributed by atoms with Crippen LogP contribution in [0.3, 0.4) is 0 Å². The Balaban J connectivity index is 2.13. The third-order valence-corrected chi connectivity index (χ3v) is 3.75. The second-order valence-corrected chi connectivity index (χ2v) is 7.55. The molecule has 1 unspecified atom stereocenters. The molecule has 3 nitrogen and oxygen atoms in total. The van der Waals surface area contributed by atoms with E-state index in [9.17, 15) is 0 Å². The zero-order chi connectivity index (χ0) is 15.0. The molecule has 2 rings (SSSR count). The van der Waals surface area contributed by atoms with Crippen molar-refractivity contribution in [2.75, 3.05) is 19.6 Å². The molecule has 2 N–H and O–H groups in total. The second-order valence-electron chi connectivity index (χ2n) is 7.55. The number of benzene rings is 1. The van der Waals surface area contributed by atoms with Crippen LogP contribution in [0.15, 0.2) is 30.3 Å². The number of hydrogen-bond donors (Lipinski definition) is 1. The number of nitrogens with two attached hydrogens (primary N) is 1. The Bertz CT molecular complexity index is 435. The lowest BCUT2D eigenvalue weighted by atomic mass is 9.90. The molecule has 1 saturated heterocycles. The van der Waals surface area contributed by atoms with E-state index < -0.39 is 0 Å². The lowest BCUT2D eigenvalue weighted by Gasteiger charge is -2.49. The van der Waals surface area contributed by atoms with Crippen molar-refractivity contribution in [3.05, 3.63) is 35.9 Å². The van der Waals surface area contributed by atoms with E-state index in [1.54, 1.807) is 0 Å². The molecule has 1 fully saturated rings. The number of hydrogen-bond acceptors (Lipinski definition) is 3. The molecule has 1 aliphatic heterocycles. The van der Waals surface area contributed by atoms with Crippen molar-refractivity contribution in [2.24, 2.45) is 5.73 Å². The molecule has 0 spiro atoms. The topological polar surface area (TPSA) is 38.5 Å². The summed E-state index contributed by atoms with van der Waals surface area (Å²) in [5, 5.41) is 0. The van der Waals surface area contributed by atoms with Gasteiger partial charge in [0.15, 0.2) is 0 Å². The summed E-state index contributed by atoms with van der Waals surface area (Å²) in [6, 6.07) is 10.3. The van der Waals surface area contributed by atoms with Gasteiger partial charge >= 0.3 is 0 Å². The van der Waals surface area contributed by atoms with Gasteiger partial charge < -0.3 is 10.5 Å². The summed E-state index contributed by atoms with van der Waals surface area (Å²) in [7, 11) is 0. The maximum absolute atomic E-state index is 6.56. The molecule has 1 atom stereocenters. The van der Waals surface area contributed by atoms with Crippen molar-refractivity contribution in [1.82, 2.24) is 4.90 Å². The number of rotatable bonds is 3. The van der Waals surface area contributed by atoms with Gasteiger partial charge in [-0.3, -0.25) is 4.90 Å². The molecule has 1 aliphatic rings. The van der Waals surface area contributed by atoms with Crippen LogP contribution in [-0.4, -0.2) is 35.7 Å². The van der Waals surface area contributed by atoms with Gasteiger partial charge in [-0.1, -0.05) is 30.3 Å². The number of ether oxygens (including phenoxy) is 1. The van der Waals surface area contributed by atoms with Crippen LogP contribution in [0.5, 0.6) is 0 Å². The van der Waals surface area contributed by atoms with Gasteiger partial charge in [0.25, 0.3) is 0 Å². The van der Waals surface area contributed by atoms with E-state index in [-0.39, 0.29) is 16.7 Å². The molecular weight excluding hydrogens is 248 g/mol. The fraction of sp³-hybridized carbons (Fsp3) is 0.647. The highest BCUT2D eigenvalue weighted by atomic mass is 16.5. The highest BCUT2D eigenvalue weighted by molar-refractivity contribution is 5.23. The van der Waals surface area contributed by atoms with E-state index in [2.05, 4.69) is 51.7 Å². The molecule has 3 heteroatoms. The van der Waals surface area contributed by atoms with Crippen LogP contribution >= 0.6 is 0 Å². The zero-order valence-electron chi connectivity index (χ0n) is 13.4. The maximum atomic E-state index is 6.56. The Kier molecular flexibility index (Phi) is 3.98. The summed E-state index contributed by atoms with van der Waals surface area (Å²) in [5.74, 6) is 0. The SMILES string of the molecule is CC1(C)CN(CC(C)(N)c2ccccc2)CC(C)(C)O1. The first-order valence-electron chi connectivity index (χ1n) is 7.37. The van der Waals surface area contributed by atoms with Gasteiger partial charge in [0.1, 0.15) is 0 Å². The van der Waals surface area contributed by atoms with Crippen LogP contribution in [0.1, 0.15) is 40.2 Å². The van der Waals surface area contributed by atoms with Gasteiger partial charge in [-0.25, -0.2) is 0 Å². The normalized spacial score (nSPS) is 25.1. The molecular formula is C17H28N2O. The molecule has 0 aromatic heterocycles. The summed E-state index contributed by atoms with van der Waals surface area (Å²) < 4.78 is 6.13. The fourth-order valence-corrected chi connectivity index (χ4v) is 3.43. The predicted molar refractivity (Wildman–Crippen MR) is 83.7 cm³/mol. The van der Waals surface area contributed by atoms with Crippen LogP contribution in [0, 0.1) is 0 Å². The van der Waals surface area contributed by atoms with E-state index >= 15 is 0 Å². The van der Waals surface area contributed by atoms with Crippen LogP contribution in [0.2, 0.25) is 0 Å². The Morgan fingerprint density at radius 1 is 1.10 bits per heavy atom. The van der Waals surface area contributed by atoms with Crippen LogP contribution in [-0.2, 0) is 10.3 Å². The molecule has 112 valence electrons. The molecule has 1 aromatic carbocycles. The minimum absolute atomic E-state index is 0.130. The summed E-state index contributed by atoms with van der Waals surface area (Å²) in [4.78, 5) is 2.43. The highest BCUT2D eigenvalue weighted by Gasteiger charge is 2.39. The van der Waals surface area contributed by atoms with E-state index in [0.717, 1.165) is 19.6 Å². The predicted octanol–water partition coefficient (Wildman–Crippen LogP) is 2.75. The van der Waals surface area contributed by atoms with E-state index in [0.29, 0.717) is 0 Å². The monoisotopic (exact) mass is 276 g/mol. The smallest absolute Gasteiger partial charge is 0.0760 e. The van der Waals surface area contributed by atoms with Crippen molar-refractivity contribution >= 4 is 0 Å². The molecule has 0 aliphatic carbocycles. The Hall–Kier alpha value is -0.900. The molecule has 0 radical (unpaired) electrons. The van der Waals surface area contributed by atoms with Gasteiger partial charge in [-0.05, 0) is 40.2 Å². The van der Waals surface area contributed by atoms with E-state index in [1.165, 1.54) is 5.56 Å². The summed E-state index contributed by atoms with van der Waals surface area (Å²) in [5.41, 5.74) is 7.14. The minimum atomic E-state index is -0.342. The number of morpholine rings is 1. The maximum Gasteiger partial charge on any atom is 0.0760 e. The van der Waals surface area contributed by atoms with Crippen LogP contribution in [0.25, 0.3) is 0 Å². The van der Waals surface area contributed by atoms with Crippen LogP contribution in [0.4, 0.5) is 0 Å². The third kappa shape index (κ3) is 3.81. The van der Waals surface area contributed by atoms with Crippen molar-refractivity contribution in [3.8, 4) is 0 Å². The first-order valence-corrected chi connectivity index (χ1v) is 7.37. The van der Waals surface area contributed by atoms with Crippen molar-refractivity contribution in [1.29, 1.82) is 0 Å². The average Bonchev–Trinajstić information content (AvgIpc) is 2.25. The first-order chi connectivity index (χ1) is 9.10. The molecule has 20 heavy (non-hydrogen) atoms. The summed E-state index contributed by atoms with van der Waals surface area (Å²) in [6.07, 6.45) is 0. The van der Waals surface area contributed by atoms with Crippen LogP contribution < -0.4 is 5.73 Å². The second kappa shape index (κ2) is 5.14. The van der Waals surface area contributed by atoms with Crippen molar-refractivity contribution < 1.29 is 4.74 Å². The Morgan fingerprint density at radius 2 is 1.60 bits per heavy atom. The summed E-state index contributed by atoms with van der Waals surface area (Å²) in [6.45, 7) is 13.4. The van der Waals surface area contributed by atoms with Gasteiger partial charge in [0, 0.05) is 19.6 Å². The third-order valence-electron chi connectivity index (χ3n) is 3.75. The lowest BCUT2D eigenvalue weighted by Crippen LogP contribution is -2.60. The van der Waals surface area contributed by atoms with Gasteiger partial charge in [-0.15, -0.1) is 0 Å². The highest BCUT2D eigenvalue weighted by Crippen LogP contribution is 2.30. The van der Waals surface area contributed by atoms with Gasteiger partial charge in [-0.2, -0.15) is 0 Å². The summed E-state index contributed by atoms with van der Waals surface area (Å²) >= 11 is 0. The van der Waals surface area contributed by atoms with Gasteiger partial charge in [0.05, 0.1) is 16.7 Å². The Labute approximate surface area is 123 Å². The molecule has 1 heterocycles.